The van der Waals surface area contributed by atoms with Crippen LogP contribution in [0, 0.1) is 16.0 Å². The molecule has 0 fully saturated rings. The van der Waals surface area contributed by atoms with E-state index in [2.05, 4.69) is 19.2 Å². The summed E-state index contributed by atoms with van der Waals surface area (Å²) in [5, 5.41) is 14.1. The Labute approximate surface area is 119 Å². The highest BCUT2D eigenvalue weighted by Crippen LogP contribution is 2.23. The summed E-state index contributed by atoms with van der Waals surface area (Å²) >= 11 is 1.25. The first-order valence-corrected chi connectivity index (χ1v) is 7.85. The van der Waals surface area contributed by atoms with Crippen molar-refractivity contribution < 1.29 is 4.92 Å². The molecule has 0 amide bonds. The molecule has 0 bridgehead atoms. The van der Waals surface area contributed by atoms with Gasteiger partial charge in [-0.3, -0.25) is 10.1 Å². The van der Waals surface area contributed by atoms with Gasteiger partial charge in [0.1, 0.15) is 0 Å². The van der Waals surface area contributed by atoms with Gasteiger partial charge in [-0.1, -0.05) is 50.9 Å². The molecule has 0 aromatic carbocycles. The van der Waals surface area contributed by atoms with Crippen LogP contribution in [0.15, 0.2) is 12.1 Å². The third kappa shape index (κ3) is 7.28. The van der Waals surface area contributed by atoms with Gasteiger partial charge in [-0.25, -0.2) is 0 Å². The minimum absolute atomic E-state index is 0.227. The van der Waals surface area contributed by atoms with E-state index < -0.39 is 0 Å². The van der Waals surface area contributed by atoms with Crippen molar-refractivity contribution in [2.24, 2.45) is 5.92 Å². The molecule has 108 valence electrons. The summed E-state index contributed by atoms with van der Waals surface area (Å²) in [5.74, 6) is 0.813. The predicted octanol–water partition coefficient (Wildman–Crippen LogP) is 4.35. The van der Waals surface area contributed by atoms with Gasteiger partial charge in [0, 0.05) is 17.5 Å². The standard InChI is InChI=1S/C14H24N2O2S/c1-12(2)7-5-3-4-6-10-15-11-13-8-9-14(19-13)16(17)18/h8-9,12,15H,3-7,10-11H2,1-2H3. The maximum Gasteiger partial charge on any atom is 0.324 e. The number of rotatable bonds is 10. The van der Waals surface area contributed by atoms with E-state index >= 15 is 0 Å². The van der Waals surface area contributed by atoms with E-state index in [4.69, 9.17) is 0 Å². The van der Waals surface area contributed by atoms with Crippen molar-refractivity contribution in [3.63, 3.8) is 0 Å². The highest BCUT2D eigenvalue weighted by atomic mass is 32.1. The van der Waals surface area contributed by atoms with Crippen LogP contribution in [-0.4, -0.2) is 11.5 Å². The van der Waals surface area contributed by atoms with Crippen LogP contribution in [0.3, 0.4) is 0 Å². The van der Waals surface area contributed by atoms with Crippen LogP contribution in [-0.2, 0) is 6.54 Å². The molecule has 1 heterocycles. The molecule has 0 spiro atoms. The van der Waals surface area contributed by atoms with Gasteiger partial charge >= 0.3 is 5.00 Å². The average Bonchev–Trinajstić information content (AvgIpc) is 2.81. The predicted molar refractivity (Wildman–Crippen MR) is 80.6 cm³/mol. The molecule has 1 rings (SSSR count). The van der Waals surface area contributed by atoms with E-state index in [-0.39, 0.29) is 9.92 Å². The Morgan fingerprint density at radius 3 is 2.63 bits per heavy atom. The second-order valence-electron chi connectivity index (χ2n) is 5.27. The Hall–Kier alpha value is -0.940. The zero-order valence-corrected chi connectivity index (χ0v) is 12.7. The van der Waals surface area contributed by atoms with E-state index in [0.717, 1.165) is 23.9 Å². The normalized spacial score (nSPS) is 11.1. The first-order chi connectivity index (χ1) is 9.09. The number of unbranched alkanes of at least 4 members (excludes halogenated alkanes) is 3. The van der Waals surface area contributed by atoms with E-state index in [1.165, 1.54) is 43.4 Å². The molecular formula is C14H24N2O2S. The SMILES string of the molecule is CC(C)CCCCCCNCc1ccc([N+](=O)[O-])s1. The molecule has 19 heavy (non-hydrogen) atoms. The van der Waals surface area contributed by atoms with Crippen LogP contribution >= 0.6 is 11.3 Å². The average molecular weight is 284 g/mol. The molecule has 0 aliphatic rings. The summed E-state index contributed by atoms with van der Waals surface area (Å²) in [5.41, 5.74) is 0. The lowest BCUT2D eigenvalue weighted by molar-refractivity contribution is -0.380. The van der Waals surface area contributed by atoms with Crippen LogP contribution < -0.4 is 5.32 Å². The molecule has 1 aromatic rings. The fourth-order valence-corrected chi connectivity index (χ4v) is 2.72. The number of nitro groups is 1. The van der Waals surface area contributed by atoms with Crippen molar-refractivity contribution in [2.45, 2.75) is 52.5 Å². The van der Waals surface area contributed by atoms with E-state index in [1.807, 2.05) is 6.07 Å². The lowest BCUT2D eigenvalue weighted by Crippen LogP contribution is -2.13. The van der Waals surface area contributed by atoms with Crippen molar-refractivity contribution in [3.8, 4) is 0 Å². The lowest BCUT2D eigenvalue weighted by Gasteiger charge is -2.05. The summed E-state index contributed by atoms with van der Waals surface area (Å²) in [4.78, 5) is 11.2. The van der Waals surface area contributed by atoms with Crippen molar-refractivity contribution in [1.82, 2.24) is 5.32 Å². The molecule has 1 aromatic heterocycles. The van der Waals surface area contributed by atoms with Crippen LogP contribution in [0.25, 0.3) is 0 Å². The van der Waals surface area contributed by atoms with Gasteiger partial charge in [0.2, 0.25) is 0 Å². The molecule has 5 heteroatoms. The van der Waals surface area contributed by atoms with Crippen molar-refractivity contribution >= 4 is 16.3 Å². The molecular weight excluding hydrogens is 260 g/mol. The summed E-state index contributed by atoms with van der Waals surface area (Å²) in [6.07, 6.45) is 6.42. The van der Waals surface area contributed by atoms with Gasteiger partial charge in [-0.05, 0) is 24.9 Å². The number of nitrogens with zero attached hydrogens (tertiary/aromatic N) is 1. The van der Waals surface area contributed by atoms with Gasteiger partial charge in [0.05, 0.1) is 4.92 Å². The number of nitrogens with one attached hydrogen (secondary N) is 1. The molecule has 0 atom stereocenters. The number of hydrogen-bond acceptors (Lipinski definition) is 4. The lowest BCUT2D eigenvalue weighted by atomic mass is 10.0. The first kappa shape index (κ1) is 16.1. The van der Waals surface area contributed by atoms with Crippen LogP contribution in [0.5, 0.6) is 0 Å². The minimum atomic E-state index is -0.330. The quantitative estimate of drug-likeness (QED) is 0.395. The maximum absolute atomic E-state index is 10.5. The molecule has 1 N–H and O–H groups in total. The Balaban J connectivity index is 2.00. The largest absolute Gasteiger partial charge is 0.324 e. The molecule has 0 unspecified atom stereocenters. The number of thiophene rings is 1. The topological polar surface area (TPSA) is 55.2 Å². The first-order valence-electron chi connectivity index (χ1n) is 7.03. The molecule has 0 saturated carbocycles. The Morgan fingerprint density at radius 2 is 2.00 bits per heavy atom. The monoisotopic (exact) mass is 284 g/mol. The Morgan fingerprint density at radius 1 is 1.26 bits per heavy atom. The Kier molecular flexibility index (Phi) is 7.67. The summed E-state index contributed by atoms with van der Waals surface area (Å²) in [6.45, 7) is 6.27. The Bertz CT molecular complexity index is 377. The molecule has 0 saturated heterocycles. The van der Waals surface area contributed by atoms with E-state index in [1.54, 1.807) is 6.07 Å². The molecule has 0 aliphatic heterocycles. The highest BCUT2D eigenvalue weighted by molar-refractivity contribution is 7.15. The van der Waals surface area contributed by atoms with Crippen LogP contribution in [0.2, 0.25) is 0 Å². The maximum atomic E-state index is 10.5. The molecule has 4 nitrogen and oxygen atoms in total. The van der Waals surface area contributed by atoms with Crippen LogP contribution in [0.4, 0.5) is 5.00 Å². The fourth-order valence-electron chi connectivity index (χ4n) is 1.93. The molecule has 0 radical (unpaired) electrons. The van der Waals surface area contributed by atoms with Crippen molar-refractivity contribution in [2.75, 3.05) is 6.54 Å². The summed E-state index contributed by atoms with van der Waals surface area (Å²) in [6, 6.07) is 3.41. The smallest absolute Gasteiger partial charge is 0.312 e. The zero-order chi connectivity index (χ0) is 14.1. The van der Waals surface area contributed by atoms with Gasteiger partial charge in [0.25, 0.3) is 0 Å². The third-order valence-electron chi connectivity index (χ3n) is 3.01. The number of hydrogen-bond donors (Lipinski definition) is 1. The van der Waals surface area contributed by atoms with Gasteiger partial charge in [0.15, 0.2) is 0 Å². The molecule has 0 aliphatic carbocycles. The van der Waals surface area contributed by atoms with Gasteiger partial charge < -0.3 is 5.32 Å². The minimum Gasteiger partial charge on any atom is -0.312 e. The van der Waals surface area contributed by atoms with Crippen molar-refractivity contribution in [1.29, 1.82) is 0 Å². The van der Waals surface area contributed by atoms with E-state index in [0.29, 0.717) is 0 Å². The summed E-state index contributed by atoms with van der Waals surface area (Å²) < 4.78 is 0. The van der Waals surface area contributed by atoms with Gasteiger partial charge in [-0.2, -0.15) is 0 Å². The second kappa shape index (κ2) is 9.04. The van der Waals surface area contributed by atoms with E-state index in [9.17, 15) is 10.1 Å². The van der Waals surface area contributed by atoms with Crippen molar-refractivity contribution in [3.05, 3.63) is 27.1 Å². The summed E-state index contributed by atoms with van der Waals surface area (Å²) in [7, 11) is 0. The van der Waals surface area contributed by atoms with Crippen LogP contribution in [0.1, 0.15) is 50.8 Å². The second-order valence-corrected chi connectivity index (χ2v) is 6.42. The fraction of sp³-hybridized carbons (Fsp3) is 0.714. The third-order valence-corrected chi connectivity index (χ3v) is 4.05. The highest BCUT2D eigenvalue weighted by Gasteiger charge is 2.08. The zero-order valence-electron chi connectivity index (χ0n) is 11.9. The van der Waals surface area contributed by atoms with Gasteiger partial charge in [-0.15, -0.1) is 0 Å².